The van der Waals surface area contributed by atoms with Crippen molar-refractivity contribution in [2.24, 2.45) is 5.92 Å². The largest absolute Gasteiger partial charge is 0.481 e. The van der Waals surface area contributed by atoms with Gasteiger partial charge in [0.05, 0.1) is 25.8 Å². The van der Waals surface area contributed by atoms with Crippen molar-refractivity contribution in [3.05, 3.63) is 0 Å². The minimum Gasteiger partial charge on any atom is -0.481 e. The van der Waals surface area contributed by atoms with Crippen LogP contribution in [0.2, 0.25) is 0 Å². The number of hydrogen-bond acceptors (Lipinski definition) is 5. The number of hydrogen-bond donors (Lipinski definition) is 3. The summed E-state index contributed by atoms with van der Waals surface area (Å²) in [5, 5.41) is 14.9. The monoisotopic (exact) mass is 257 g/mol. The van der Waals surface area contributed by atoms with Gasteiger partial charge < -0.3 is 20.5 Å². The normalized spacial score (nSPS) is 29.1. The molecule has 2 fully saturated rings. The number of carbonyl (C=O) groups is 2. The molecular weight excluding hydrogens is 238 g/mol. The van der Waals surface area contributed by atoms with E-state index in [-0.39, 0.29) is 19.1 Å². The number of amides is 1. The number of carboxylic acids is 1. The number of aliphatic carboxylic acids is 1. The summed E-state index contributed by atoms with van der Waals surface area (Å²) in [4.78, 5) is 24.8. The highest BCUT2D eigenvalue weighted by Crippen LogP contribution is 2.13. The van der Waals surface area contributed by atoms with Crippen molar-refractivity contribution in [1.82, 2.24) is 15.5 Å². The Balaban J connectivity index is 1.77. The molecule has 0 aromatic heterocycles. The van der Waals surface area contributed by atoms with Crippen molar-refractivity contribution in [1.29, 1.82) is 0 Å². The second-order valence-electron chi connectivity index (χ2n) is 4.68. The Bertz CT molecular complexity index is 317. The van der Waals surface area contributed by atoms with E-state index in [1.165, 1.54) is 0 Å². The van der Waals surface area contributed by atoms with Gasteiger partial charge in [-0.2, -0.15) is 0 Å². The second-order valence-corrected chi connectivity index (χ2v) is 4.68. The van der Waals surface area contributed by atoms with Gasteiger partial charge in [-0.1, -0.05) is 0 Å². The van der Waals surface area contributed by atoms with Crippen molar-refractivity contribution in [2.75, 3.05) is 45.9 Å². The summed E-state index contributed by atoms with van der Waals surface area (Å²) in [6.45, 7) is 4.24. The molecule has 2 saturated heterocycles. The lowest BCUT2D eigenvalue weighted by Gasteiger charge is -2.27. The topological polar surface area (TPSA) is 90.9 Å². The predicted octanol–water partition coefficient (Wildman–Crippen LogP) is -1.89. The molecule has 2 rings (SSSR count). The Kier molecular flexibility index (Phi) is 4.51. The smallest absolute Gasteiger partial charge is 0.311 e. The molecule has 0 aromatic rings. The lowest BCUT2D eigenvalue weighted by molar-refractivity contribution is -0.142. The van der Waals surface area contributed by atoms with Crippen LogP contribution in [0.15, 0.2) is 0 Å². The molecule has 0 aliphatic carbocycles. The molecule has 2 aliphatic heterocycles. The molecule has 7 heteroatoms. The van der Waals surface area contributed by atoms with Gasteiger partial charge in [-0.25, -0.2) is 0 Å². The molecule has 2 aliphatic rings. The van der Waals surface area contributed by atoms with E-state index in [0.717, 1.165) is 26.2 Å². The maximum Gasteiger partial charge on any atom is 0.311 e. The van der Waals surface area contributed by atoms with Gasteiger partial charge in [0.1, 0.15) is 5.92 Å². The highest BCUT2D eigenvalue weighted by molar-refractivity contribution is 5.80. The molecule has 18 heavy (non-hydrogen) atoms. The number of carboxylic acid groups (broad SMARTS) is 1. The molecule has 0 spiro atoms. The van der Waals surface area contributed by atoms with Crippen molar-refractivity contribution in [3.63, 3.8) is 0 Å². The summed E-state index contributed by atoms with van der Waals surface area (Å²) in [6.07, 6.45) is 0. The molecule has 2 unspecified atom stereocenters. The van der Waals surface area contributed by atoms with Crippen LogP contribution >= 0.6 is 0 Å². The first-order valence-corrected chi connectivity index (χ1v) is 6.20. The third-order valence-electron chi connectivity index (χ3n) is 3.32. The fraction of sp³-hybridized carbons (Fsp3) is 0.818. The second kappa shape index (κ2) is 6.12. The Labute approximate surface area is 105 Å². The van der Waals surface area contributed by atoms with Gasteiger partial charge in [0.25, 0.3) is 0 Å². The van der Waals surface area contributed by atoms with Crippen LogP contribution < -0.4 is 10.6 Å². The highest BCUT2D eigenvalue weighted by atomic mass is 16.5. The maximum absolute atomic E-state index is 11.8. The number of nitrogens with zero attached hydrogens (tertiary/aromatic N) is 1. The zero-order chi connectivity index (χ0) is 13.0. The van der Waals surface area contributed by atoms with E-state index in [1.54, 1.807) is 0 Å². The Hall–Kier alpha value is -1.18. The highest BCUT2D eigenvalue weighted by Gasteiger charge is 2.35. The average molecular weight is 257 g/mol. The van der Waals surface area contributed by atoms with Crippen molar-refractivity contribution in [2.45, 2.75) is 6.04 Å². The fourth-order valence-corrected chi connectivity index (χ4v) is 2.26. The Morgan fingerprint density at radius 2 is 2.06 bits per heavy atom. The summed E-state index contributed by atoms with van der Waals surface area (Å²) in [5.41, 5.74) is 0. The van der Waals surface area contributed by atoms with Crippen LogP contribution in [-0.2, 0) is 14.3 Å². The van der Waals surface area contributed by atoms with E-state index in [2.05, 4.69) is 15.5 Å². The van der Waals surface area contributed by atoms with Crippen LogP contribution in [0.3, 0.4) is 0 Å². The standard InChI is InChI=1S/C11H19N3O4/c15-10(5-14-3-1-12-2-4-14)13-9-7-18-6-8(9)11(16)17/h8-9,12H,1-7H2,(H,13,15)(H,16,17). The van der Waals surface area contributed by atoms with Crippen molar-refractivity contribution in [3.8, 4) is 0 Å². The Morgan fingerprint density at radius 3 is 2.72 bits per heavy atom. The molecule has 2 atom stereocenters. The fourth-order valence-electron chi connectivity index (χ4n) is 2.26. The molecular formula is C11H19N3O4. The van der Waals surface area contributed by atoms with E-state index in [1.807, 2.05) is 0 Å². The van der Waals surface area contributed by atoms with E-state index in [4.69, 9.17) is 9.84 Å². The Morgan fingerprint density at radius 1 is 1.33 bits per heavy atom. The number of piperazine rings is 1. The van der Waals surface area contributed by atoms with Crippen LogP contribution in [0.4, 0.5) is 0 Å². The zero-order valence-corrected chi connectivity index (χ0v) is 10.2. The molecule has 7 nitrogen and oxygen atoms in total. The average Bonchev–Trinajstić information content (AvgIpc) is 2.78. The third kappa shape index (κ3) is 3.41. The van der Waals surface area contributed by atoms with Crippen LogP contribution in [0, 0.1) is 5.92 Å². The summed E-state index contributed by atoms with van der Waals surface area (Å²) in [7, 11) is 0. The lowest BCUT2D eigenvalue weighted by atomic mass is 10.0. The molecule has 0 saturated carbocycles. The van der Waals surface area contributed by atoms with Gasteiger partial charge in [-0.3, -0.25) is 14.5 Å². The van der Waals surface area contributed by atoms with Gasteiger partial charge in [0.15, 0.2) is 0 Å². The first-order chi connectivity index (χ1) is 8.66. The molecule has 0 bridgehead atoms. The number of rotatable bonds is 4. The molecule has 0 aromatic carbocycles. The summed E-state index contributed by atoms with van der Waals surface area (Å²) in [5.74, 6) is -1.67. The van der Waals surface area contributed by atoms with E-state index in [0.29, 0.717) is 6.54 Å². The number of nitrogens with one attached hydrogen (secondary N) is 2. The molecule has 1 amide bonds. The third-order valence-corrected chi connectivity index (χ3v) is 3.32. The van der Waals surface area contributed by atoms with E-state index in [9.17, 15) is 9.59 Å². The van der Waals surface area contributed by atoms with Crippen LogP contribution in [0.25, 0.3) is 0 Å². The molecule has 102 valence electrons. The minimum atomic E-state index is -0.917. The minimum absolute atomic E-state index is 0.126. The predicted molar refractivity (Wildman–Crippen MR) is 63.2 cm³/mol. The molecule has 0 radical (unpaired) electrons. The van der Waals surface area contributed by atoms with Crippen LogP contribution in [0.1, 0.15) is 0 Å². The summed E-state index contributed by atoms with van der Waals surface area (Å²) >= 11 is 0. The van der Waals surface area contributed by atoms with E-state index < -0.39 is 17.9 Å². The SMILES string of the molecule is O=C(CN1CCNCC1)NC1COCC1C(=O)O. The van der Waals surface area contributed by atoms with Crippen LogP contribution in [-0.4, -0.2) is 73.9 Å². The van der Waals surface area contributed by atoms with Gasteiger partial charge in [-0.05, 0) is 0 Å². The van der Waals surface area contributed by atoms with E-state index >= 15 is 0 Å². The van der Waals surface area contributed by atoms with Gasteiger partial charge in [0.2, 0.25) is 5.91 Å². The molecule has 2 heterocycles. The first-order valence-electron chi connectivity index (χ1n) is 6.20. The van der Waals surface area contributed by atoms with Gasteiger partial charge in [-0.15, -0.1) is 0 Å². The van der Waals surface area contributed by atoms with Crippen molar-refractivity contribution >= 4 is 11.9 Å². The number of ether oxygens (including phenoxy) is 1. The zero-order valence-electron chi connectivity index (χ0n) is 10.2. The number of carbonyl (C=O) groups excluding carboxylic acids is 1. The lowest BCUT2D eigenvalue weighted by Crippen LogP contribution is -2.50. The van der Waals surface area contributed by atoms with Crippen molar-refractivity contribution < 1.29 is 19.4 Å². The van der Waals surface area contributed by atoms with Gasteiger partial charge in [0, 0.05) is 26.2 Å². The van der Waals surface area contributed by atoms with Crippen LogP contribution in [0.5, 0.6) is 0 Å². The summed E-state index contributed by atoms with van der Waals surface area (Å²) < 4.78 is 5.10. The van der Waals surface area contributed by atoms with Gasteiger partial charge >= 0.3 is 5.97 Å². The first kappa shape index (κ1) is 13.3. The molecule has 3 N–H and O–H groups in total. The summed E-state index contributed by atoms with van der Waals surface area (Å²) in [6, 6.07) is -0.405. The maximum atomic E-state index is 11.8. The quantitative estimate of drug-likeness (QED) is 0.545.